The van der Waals surface area contributed by atoms with Gasteiger partial charge in [0.2, 0.25) is 0 Å². The molecule has 0 amide bonds. The summed E-state index contributed by atoms with van der Waals surface area (Å²) in [5, 5.41) is 13.4. The summed E-state index contributed by atoms with van der Waals surface area (Å²) in [5.74, 6) is -0.601. The van der Waals surface area contributed by atoms with Crippen molar-refractivity contribution in [3.8, 4) is 0 Å². The summed E-state index contributed by atoms with van der Waals surface area (Å²) in [6, 6.07) is 0.442. The zero-order chi connectivity index (χ0) is 14.1. The van der Waals surface area contributed by atoms with E-state index in [1.54, 1.807) is 0 Å². The molecule has 0 radical (unpaired) electrons. The minimum Gasteiger partial charge on any atom is -0.480 e. The Labute approximate surface area is 122 Å². The first-order valence-corrected chi connectivity index (χ1v) is 8.65. The number of nitrogens with one attached hydrogen (secondary N) is 1. The molecular weight excluding hydrogens is 250 g/mol. The molecule has 3 aliphatic rings. The Morgan fingerprint density at radius 2 is 1.45 bits per heavy atom. The van der Waals surface area contributed by atoms with E-state index in [4.69, 9.17) is 0 Å². The normalized spacial score (nSPS) is 29.6. The first-order chi connectivity index (χ1) is 9.64. The quantitative estimate of drug-likeness (QED) is 0.824. The van der Waals surface area contributed by atoms with Crippen LogP contribution >= 0.6 is 0 Å². The van der Waals surface area contributed by atoms with Gasteiger partial charge in [0.05, 0.1) is 0 Å². The van der Waals surface area contributed by atoms with Crippen molar-refractivity contribution in [3.63, 3.8) is 0 Å². The largest absolute Gasteiger partial charge is 0.480 e. The number of rotatable bonds is 3. The fourth-order valence-corrected chi connectivity index (χ4v) is 4.89. The van der Waals surface area contributed by atoms with Crippen LogP contribution in [0.25, 0.3) is 0 Å². The second-order valence-electron chi connectivity index (χ2n) is 7.57. The summed E-state index contributed by atoms with van der Waals surface area (Å²) >= 11 is 0. The number of carboxylic acid groups (broad SMARTS) is 1. The molecule has 0 bridgehead atoms. The van der Waals surface area contributed by atoms with Gasteiger partial charge >= 0.3 is 5.97 Å². The lowest BCUT2D eigenvalue weighted by Gasteiger charge is -2.45. The van der Waals surface area contributed by atoms with Crippen LogP contribution in [0.3, 0.4) is 0 Å². The van der Waals surface area contributed by atoms with Gasteiger partial charge in [0.15, 0.2) is 0 Å². The van der Waals surface area contributed by atoms with E-state index in [2.05, 4.69) is 5.32 Å². The second-order valence-corrected chi connectivity index (χ2v) is 7.57. The number of carbonyl (C=O) groups is 1. The molecule has 20 heavy (non-hydrogen) atoms. The fraction of sp³-hybridized carbons (Fsp3) is 0.941. The number of hydrogen-bond donors (Lipinski definition) is 2. The highest BCUT2D eigenvalue weighted by atomic mass is 16.4. The molecule has 114 valence electrons. The second kappa shape index (κ2) is 5.67. The van der Waals surface area contributed by atoms with Crippen molar-refractivity contribution in [2.45, 2.75) is 95.1 Å². The topological polar surface area (TPSA) is 49.3 Å². The molecule has 3 aliphatic carbocycles. The van der Waals surface area contributed by atoms with Gasteiger partial charge in [-0.15, -0.1) is 0 Å². The molecular formula is C17H29NO2. The van der Waals surface area contributed by atoms with Crippen molar-refractivity contribution < 1.29 is 9.90 Å². The minimum absolute atomic E-state index is 0.442. The van der Waals surface area contributed by atoms with Crippen LogP contribution in [0.15, 0.2) is 0 Å². The molecule has 3 nitrogen and oxygen atoms in total. The Bertz CT molecular complexity index is 344. The maximum Gasteiger partial charge on any atom is 0.323 e. The van der Waals surface area contributed by atoms with Crippen LogP contribution in [-0.4, -0.2) is 22.7 Å². The molecule has 2 N–H and O–H groups in total. The molecule has 0 atom stereocenters. The average molecular weight is 279 g/mol. The van der Waals surface area contributed by atoms with Crippen LogP contribution < -0.4 is 5.32 Å². The van der Waals surface area contributed by atoms with Gasteiger partial charge in [0, 0.05) is 6.04 Å². The van der Waals surface area contributed by atoms with E-state index in [0.717, 1.165) is 25.7 Å². The Balaban J connectivity index is 1.65. The van der Waals surface area contributed by atoms with Crippen LogP contribution in [-0.2, 0) is 4.79 Å². The smallest absolute Gasteiger partial charge is 0.323 e. The number of carboxylic acids is 1. The molecule has 0 heterocycles. The third kappa shape index (κ3) is 2.74. The van der Waals surface area contributed by atoms with Crippen LogP contribution in [0.2, 0.25) is 0 Å². The summed E-state index contributed by atoms with van der Waals surface area (Å²) in [6.45, 7) is 0. The van der Waals surface area contributed by atoms with Gasteiger partial charge in [-0.3, -0.25) is 10.1 Å². The molecule has 3 saturated carbocycles. The van der Waals surface area contributed by atoms with Crippen molar-refractivity contribution in [2.24, 2.45) is 5.41 Å². The maximum atomic E-state index is 11.9. The van der Waals surface area contributed by atoms with Crippen molar-refractivity contribution in [1.82, 2.24) is 5.32 Å². The van der Waals surface area contributed by atoms with E-state index in [1.807, 2.05) is 0 Å². The average Bonchev–Trinajstić information content (AvgIpc) is 2.91. The van der Waals surface area contributed by atoms with Crippen molar-refractivity contribution in [1.29, 1.82) is 0 Å². The van der Waals surface area contributed by atoms with Crippen molar-refractivity contribution >= 4 is 5.97 Å². The third-order valence-corrected chi connectivity index (χ3v) is 6.32. The van der Waals surface area contributed by atoms with E-state index < -0.39 is 11.5 Å². The third-order valence-electron chi connectivity index (χ3n) is 6.32. The van der Waals surface area contributed by atoms with Gasteiger partial charge < -0.3 is 5.11 Å². The van der Waals surface area contributed by atoms with Gasteiger partial charge in [0.1, 0.15) is 5.54 Å². The standard InChI is InChI=1S/C17H29NO2/c19-15(20)17(18-14-6-2-1-3-7-14)12-10-16(11-13-17)8-4-5-9-16/h14,18H,1-13H2,(H,19,20). The molecule has 3 heteroatoms. The monoisotopic (exact) mass is 279 g/mol. The first-order valence-electron chi connectivity index (χ1n) is 8.65. The van der Waals surface area contributed by atoms with Crippen LogP contribution in [0.5, 0.6) is 0 Å². The van der Waals surface area contributed by atoms with Gasteiger partial charge in [-0.2, -0.15) is 0 Å². The fourth-order valence-electron chi connectivity index (χ4n) is 4.89. The minimum atomic E-state index is -0.615. The molecule has 1 spiro atoms. The predicted molar refractivity (Wildman–Crippen MR) is 79.7 cm³/mol. The van der Waals surface area contributed by atoms with E-state index in [1.165, 1.54) is 57.8 Å². The van der Waals surface area contributed by atoms with Gasteiger partial charge in [0.25, 0.3) is 0 Å². The van der Waals surface area contributed by atoms with Crippen molar-refractivity contribution in [2.75, 3.05) is 0 Å². The summed E-state index contributed by atoms with van der Waals surface area (Å²) < 4.78 is 0. The Kier molecular flexibility index (Phi) is 4.07. The van der Waals surface area contributed by atoms with Crippen LogP contribution in [0.1, 0.15) is 83.5 Å². The number of hydrogen-bond acceptors (Lipinski definition) is 2. The Morgan fingerprint density at radius 3 is 2.00 bits per heavy atom. The molecule has 0 unspecified atom stereocenters. The zero-order valence-corrected chi connectivity index (χ0v) is 12.6. The zero-order valence-electron chi connectivity index (χ0n) is 12.6. The first kappa shape index (κ1) is 14.4. The lowest BCUT2D eigenvalue weighted by atomic mass is 9.66. The lowest BCUT2D eigenvalue weighted by Crippen LogP contribution is -2.58. The SMILES string of the molecule is O=C(O)C1(NC2CCCCC2)CCC2(CCCC2)CC1. The van der Waals surface area contributed by atoms with Crippen molar-refractivity contribution in [3.05, 3.63) is 0 Å². The van der Waals surface area contributed by atoms with E-state index in [9.17, 15) is 9.90 Å². The predicted octanol–water partition coefficient (Wildman–Crippen LogP) is 3.87. The molecule has 0 aromatic rings. The van der Waals surface area contributed by atoms with E-state index in [-0.39, 0.29) is 0 Å². The molecule has 0 saturated heterocycles. The Morgan fingerprint density at radius 1 is 0.850 bits per heavy atom. The molecule has 0 aliphatic heterocycles. The molecule has 3 fully saturated rings. The highest BCUT2D eigenvalue weighted by Crippen LogP contribution is 2.51. The lowest BCUT2D eigenvalue weighted by molar-refractivity contribution is -0.148. The van der Waals surface area contributed by atoms with Gasteiger partial charge in [-0.05, 0) is 56.8 Å². The van der Waals surface area contributed by atoms with Crippen LogP contribution in [0.4, 0.5) is 0 Å². The van der Waals surface area contributed by atoms with E-state index >= 15 is 0 Å². The molecule has 0 aromatic carbocycles. The highest BCUT2D eigenvalue weighted by molar-refractivity contribution is 5.79. The summed E-state index contributed by atoms with van der Waals surface area (Å²) in [4.78, 5) is 11.9. The van der Waals surface area contributed by atoms with Gasteiger partial charge in [-0.1, -0.05) is 32.1 Å². The maximum absolute atomic E-state index is 11.9. The highest BCUT2D eigenvalue weighted by Gasteiger charge is 2.48. The summed E-state index contributed by atoms with van der Waals surface area (Å²) in [5.41, 5.74) is -0.108. The number of aliphatic carboxylic acids is 1. The molecule has 0 aromatic heterocycles. The van der Waals surface area contributed by atoms with Crippen LogP contribution in [0, 0.1) is 5.41 Å². The molecule has 3 rings (SSSR count). The van der Waals surface area contributed by atoms with E-state index in [0.29, 0.717) is 11.5 Å². The summed E-state index contributed by atoms with van der Waals surface area (Å²) in [6.07, 6.45) is 15.5. The summed E-state index contributed by atoms with van der Waals surface area (Å²) in [7, 11) is 0. The van der Waals surface area contributed by atoms with Gasteiger partial charge in [-0.25, -0.2) is 0 Å². The Hall–Kier alpha value is -0.570.